The van der Waals surface area contributed by atoms with E-state index < -0.39 is 11.7 Å². The summed E-state index contributed by atoms with van der Waals surface area (Å²) in [5.74, 6) is -1.24. The molecular weight excluding hydrogens is 492 g/mol. The van der Waals surface area contributed by atoms with Gasteiger partial charge in [-0.2, -0.15) is 5.10 Å². The van der Waals surface area contributed by atoms with Crippen molar-refractivity contribution in [1.82, 2.24) is 25.0 Å². The van der Waals surface area contributed by atoms with Gasteiger partial charge < -0.3 is 21.3 Å². The predicted molar refractivity (Wildman–Crippen MR) is 140 cm³/mol. The van der Waals surface area contributed by atoms with Crippen LogP contribution in [0.25, 0.3) is 11.3 Å². The smallest absolute Gasteiger partial charge is 0.255 e. The van der Waals surface area contributed by atoms with E-state index in [2.05, 4.69) is 20.7 Å². The molecular formula is C27H33F2N7O2. The maximum Gasteiger partial charge on any atom is 0.255 e. The van der Waals surface area contributed by atoms with Crippen LogP contribution >= 0.6 is 0 Å². The Morgan fingerprint density at radius 1 is 1.24 bits per heavy atom. The minimum absolute atomic E-state index is 0.0282. The van der Waals surface area contributed by atoms with Crippen molar-refractivity contribution in [2.75, 3.05) is 31.5 Å². The third-order valence-electron chi connectivity index (χ3n) is 6.58. The van der Waals surface area contributed by atoms with E-state index in [0.717, 1.165) is 24.5 Å². The van der Waals surface area contributed by atoms with Crippen molar-refractivity contribution >= 4 is 17.6 Å². The van der Waals surface area contributed by atoms with Gasteiger partial charge in [0.1, 0.15) is 17.3 Å². The van der Waals surface area contributed by atoms with Crippen molar-refractivity contribution in [3.8, 4) is 11.3 Å². The van der Waals surface area contributed by atoms with Crippen LogP contribution in [-0.4, -0.2) is 63.7 Å². The zero-order valence-corrected chi connectivity index (χ0v) is 21.4. The van der Waals surface area contributed by atoms with Crippen molar-refractivity contribution in [2.24, 2.45) is 12.8 Å². The highest BCUT2D eigenvalue weighted by Gasteiger charge is 2.29. The molecule has 4 N–H and O–H groups in total. The van der Waals surface area contributed by atoms with Crippen LogP contribution in [0.5, 0.6) is 0 Å². The predicted octanol–water partition coefficient (Wildman–Crippen LogP) is 2.87. The molecule has 38 heavy (non-hydrogen) atoms. The number of benzene rings is 1. The molecule has 202 valence electrons. The Balaban J connectivity index is 1.50. The number of nitrogens with zero attached hydrogens (tertiary/aromatic N) is 4. The highest BCUT2D eigenvalue weighted by atomic mass is 19.1. The molecule has 4 rings (SSSR count). The summed E-state index contributed by atoms with van der Waals surface area (Å²) in [7, 11) is 1.72. The summed E-state index contributed by atoms with van der Waals surface area (Å²) >= 11 is 0. The molecule has 1 saturated heterocycles. The minimum Gasteiger partial charge on any atom is -0.369 e. The average molecular weight is 526 g/mol. The second-order valence-electron chi connectivity index (χ2n) is 9.41. The number of hydrogen-bond acceptors (Lipinski definition) is 6. The number of rotatable bonds is 11. The van der Waals surface area contributed by atoms with Gasteiger partial charge in [0.05, 0.1) is 11.8 Å². The van der Waals surface area contributed by atoms with Gasteiger partial charge in [-0.15, -0.1) is 0 Å². The Labute approximate surface area is 220 Å². The third kappa shape index (κ3) is 6.71. The first-order valence-corrected chi connectivity index (χ1v) is 12.8. The first-order chi connectivity index (χ1) is 18.4. The first-order valence-electron chi connectivity index (χ1n) is 12.8. The fourth-order valence-corrected chi connectivity index (χ4v) is 4.64. The van der Waals surface area contributed by atoms with E-state index in [9.17, 15) is 14.0 Å². The molecule has 0 bridgehead atoms. The number of carbonyl (C=O) groups is 2. The summed E-state index contributed by atoms with van der Waals surface area (Å²) in [6.45, 7) is 1.69. The average Bonchev–Trinajstić information content (AvgIpc) is 3.55. The molecule has 0 spiro atoms. The Morgan fingerprint density at radius 3 is 2.82 bits per heavy atom. The number of halogens is 2. The van der Waals surface area contributed by atoms with Gasteiger partial charge >= 0.3 is 0 Å². The maximum absolute atomic E-state index is 15.1. The SMILES string of the molecule is Cn1cc(-c2nc(NCCc3cccc(F)c3)c(C(=O)NC[C@H]3CCCN3C(=O)CCCN)cc2F)cn1. The van der Waals surface area contributed by atoms with E-state index in [1.807, 2.05) is 0 Å². The maximum atomic E-state index is 15.1. The van der Waals surface area contributed by atoms with E-state index >= 15 is 4.39 Å². The highest BCUT2D eigenvalue weighted by Crippen LogP contribution is 2.26. The van der Waals surface area contributed by atoms with Gasteiger partial charge in [0.25, 0.3) is 5.91 Å². The lowest BCUT2D eigenvalue weighted by atomic mass is 10.1. The van der Waals surface area contributed by atoms with Crippen LogP contribution in [0, 0.1) is 11.6 Å². The van der Waals surface area contributed by atoms with Crippen LogP contribution in [0.2, 0.25) is 0 Å². The summed E-state index contributed by atoms with van der Waals surface area (Å²) in [4.78, 5) is 31.9. The number of amides is 2. The van der Waals surface area contributed by atoms with E-state index in [-0.39, 0.29) is 41.4 Å². The van der Waals surface area contributed by atoms with Crippen molar-refractivity contribution < 1.29 is 18.4 Å². The molecule has 9 nitrogen and oxygen atoms in total. The molecule has 3 heterocycles. The molecule has 1 aromatic carbocycles. The molecule has 2 aromatic heterocycles. The van der Waals surface area contributed by atoms with E-state index in [1.54, 1.807) is 30.3 Å². The van der Waals surface area contributed by atoms with Crippen LogP contribution < -0.4 is 16.4 Å². The van der Waals surface area contributed by atoms with Gasteiger partial charge in [0, 0.05) is 50.9 Å². The lowest BCUT2D eigenvalue weighted by Gasteiger charge is -2.25. The topological polar surface area (TPSA) is 118 Å². The summed E-state index contributed by atoms with van der Waals surface area (Å²) in [6, 6.07) is 7.29. The number of anilines is 1. The monoisotopic (exact) mass is 525 g/mol. The number of likely N-dealkylation sites (tertiary alicyclic amines) is 1. The van der Waals surface area contributed by atoms with Crippen LogP contribution in [-0.2, 0) is 18.3 Å². The molecule has 1 atom stereocenters. The first kappa shape index (κ1) is 27.2. The standard InChI is InChI=1S/C27H33F2N7O2/c1-35-17-19(15-33-35)25-23(29)14-22(26(34-25)31-11-9-18-5-2-6-20(28)13-18)27(38)32-16-21-7-4-12-36(21)24(37)8-3-10-30/h2,5-6,13-15,17,21H,3-4,7-12,16,30H2,1H3,(H,31,34)(H,32,38)/t21-/m1/s1. The Hall–Kier alpha value is -3.86. The molecule has 11 heteroatoms. The Kier molecular flexibility index (Phi) is 9.01. The molecule has 2 amide bonds. The van der Waals surface area contributed by atoms with Gasteiger partial charge in [-0.05, 0) is 56.0 Å². The molecule has 0 aliphatic carbocycles. The summed E-state index contributed by atoms with van der Waals surface area (Å²) in [5, 5.41) is 10.1. The number of aromatic nitrogens is 3. The molecule has 0 radical (unpaired) electrons. The molecule has 1 fully saturated rings. The molecule has 1 aliphatic rings. The van der Waals surface area contributed by atoms with Gasteiger partial charge in [-0.25, -0.2) is 13.8 Å². The van der Waals surface area contributed by atoms with Crippen LogP contribution in [0.15, 0.2) is 42.7 Å². The fraction of sp³-hybridized carbons (Fsp3) is 0.407. The highest BCUT2D eigenvalue weighted by molar-refractivity contribution is 5.99. The third-order valence-corrected chi connectivity index (χ3v) is 6.58. The van der Waals surface area contributed by atoms with Crippen LogP contribution in [0.3, 0.4) is 0 Å². The van der Waals surface area contributed by atoms with Crippen molar-refractivity contribution in [1.29, 1.82) is 0 Å². The summed E-state index contributed by atoms with van der Waals surface area (Å²) < 4.78 is 30.2. The molecule has 1 aliphatic heterocycles. The molecule has 0 saturated carbocycles. The zero-order chi connectivity index (χ0) is 27.1. The normalized spacial score (nSPS) is 15.1. The number of aryl methyl sites for hydroxylation is 1. The molecule has 0 unspecified atom stereocenters. The van der Waals surface area contributed by atoms with Crippen molar-refractivity contribution in [3.05, 3.63) is 65.5 Å². The van der Waals surface area contributed by atoms with Crippen molar-refractivity contribution in [3.63, 3.8) is 0 Å². The number of nitrogens with two attached hydrogens (primary N) is 1. The number of carbonyl (C=O) groups excluding carboxylic acids is 2. The Bertz CT molecular complexity index is 1280. The summed E-state index contributed by atoms with van der Waals surface area (Å²) in [6.07, 6.45) is 6.24. The van der Waals surface area contributed by atoms with Crippen molar-refractivity contribution in [2.45, 2.75) is 38.1 Å². The Morgan fingerprint density at radius 2 is 2.08 bits per heavy atom. The number of nitrogens with one attached hydrogen (secondary N) is 2. The molecule has 3 aromatic rings. The number of pyridine rings is 1. The lowest BCUT2D eigenvalue weighted by molar-refractivity contribution is -0.132. The van der Waals surface area contributed by atoms with Gasteiger partial charge in [0.2, 0.25) is 5.91 Å². The van der Waals surface area contributed by atoms with Crippen LogP contribution in [0.4, 0.5) is 14.6 Å². The van der Waals surface area contributed by atoms with Gasteiger partial charge in [-0.3, -0.25) is 14.3 Å². The van der Waals surface area contributed by atoms with E-state index in [4.69, 9.17) is 5.73 Å². The summed E-state index contributed by atoms with van der Waals surface area (Å²) in [5.41, 5.74) is 6.90. The zero-order valence-electron chi connectivity index (χ0n) is 21.4. The fourth-order valence-electron chi connectivity index (χ4n) is 4.64. The number of hydrogen-bond donors (Lipinski definition) is 3. The largest absolute Gasteiger partial charge is 0.369 e. The lowest BCUT2D eigenvalue weighted by Crippen LogP contribution is -2.43. The van der Waals surface area contributed by atoms with E-state index in [1.165, 1.54) is 23.0 Å². The van der Waals surface area contributed by atoms with E-state index in [0.29, 0.717) is 44.5 Å². The minimum atomic E-state index is -0.654. The van der Waals surface area contributed by atoms with Crippen LogP contribution in [0.1, 0.15) is 41.6 Å². The quantitative estimate of drug-likeness (QED) is 0.354. The second-order valence-corrected chi connectivity index (χ2v) is 9.41. The van der Waals surface area contributed by atoms with Gasteiger partial charge in [-0.1, -0.05) is 12.1 Å². The second kappa shape index (κ2) is 12.6. The van der Waals surface area contributed by atoms with Gasteiger partial charge in [0.15, 0.2) is 5.82 Å².